The van der Waals surface area contributed by atoms with Crippen LogP contribution in [-0.4, -0.2) is 35.4 Å². The van der Waals surface area contributed by atoms with Gasteiger partial charge in [-0.3, -0.25) is 4.79 Å². The SMILES string of the molecule is C[C@H](CN1CCCCC1)C(=O)c1ccc(CO)cc1. The molecule has 1 heterocycles. The topological polar surface area (TPSA) is 40.5 Å². The predicted octanol–water partition coefficient (Wildman–Crippen LogP) is 2.48. The molecule has 0 spiro atoms. The Morgan fingerprint density at radius 3 is 2.42 bits per heavy atom. The Bertz CT molecular complexity index is 407. The zero-order valence-electron chi connectivity index (χ0n) is 11.6. The molecule has 1 fully saturated rings. The van der Waals surface area contributed by atoms with Crippen LogP contribution in [0.25, 0.3) is 0 Å². The Morgan fingerprint density at radius 2 is 1.84 bits per heavy atom. The average Bonchev–Trinajstić information content (AvgIpc) is 2.47. The standard InChI is InChI=1S/C16H23NO2/c1-13(11-17-9-3-2-4-10-17)16(19)15-7-5-14(12-18)6-8-15/h5-8,13,18H,2-4,9-12H2,1H3/t13-/m1/s1. The highest BCUT2D eigenvalue weighted by Gasteiger charge is 2.19. The lowest BCUT2D eigenvalue weighted by molar-refractivity contribution is 0.0883. The number of Topliss-reactive ketones (excluding diaryl/α,β-unsaturated/α-hetero) is 1. The van der Waals surface area contributed by atoms with Gasteiger partial charge in [-0.05, 0) is 31.5 Å². The molecule has 1 atom stereocenters. The quantitative estimate of drug-likeness (QED) is 0.828. The van der Waals surface area contributed by atoms with Crippen molar-refractivity contribution in [3.63, 3.8) is 0 Å². The number of hydrogen-bond acceptors (Lipinski definition) is 3. The molecule has 0 amide bonds. The van der Waals surface area contributed by atoms with Gasteiger partial charge in [0.2, 0.25) is 0 Å². The van der Waals surface area contributed by atoms with Gasteiger partial charge in [-0.2, -0.15) is 0 Å². The molecule has 104 valence electrons. The van der Waals surface area contributed by atoms with Gasteiger partial charge in [0.25, 0.3) is 0 Å². The van der Waals surface area contributed by atoms with Crippen molar-refractivity contribution < 1.29 is 9.90 Å². The molecule has 1 aromatic carbocycles. The van der Waals surface area contributed by atoms with Gasteiger partial charge < -0.3 is 10.0 Å². The van der Waals surface area contributed by atoms with Crippen LogP contribution in [0.15, 0.2) is 24.3 Å². The number of rotatable bonds is 5. The maximum Gasteiger partial charge on any atom is 0.166 e. The van der Waals surface area contributed by atoms with Crippen LogP contribution < -0.4 is 0 Å². The fraction of sp³-hybridized carbons (Fsp3) is 0.562. The number of aliphatic hydroxyl groups is 1. The van der Waals surface area contributed by atoms with Gasteiger partial charge in [-0.25, -0.2) is 0 Å². The first-order valence-electron chi connectivity index (χ1n) is 7.17. The number of benzene rings is 1. The maximum atomic E-state index is 12.3. The minimum Gasteiger partial charge on any atom is -0.392 e. The van der Waals surface area contributed by atoms with Crippen LogP contribution in [0.4, 0.5) is 0 Å². The van der Waals surface area contributed by atoms with Crippen molar-refractivity contribution in [1.82, 2.24) is 4.90 Å². The summed E-state index contributed by atoms with van der Waals surface area (Å²) in [5.41, 5.74) is 1.60. The van der Waals surface area contributed by atoms with Crippen molar-refractivity contribution in [3.8, 4) is 0 Å². The summed E-state index contributed by atoms with van der Waals surface area (Å²) in [6.45, 7) is 5.15. The fourth-order valence-corrected chi connectivity index (χ4v) is 2.67. The van der Waals surface area contributed by atoms with Crippen LogP contribution in [0.1, 0.15) is 42.1 Å². The van der Waals surface area contributed by atoms with Crippen molar-refractivity contribution in [1.29, 1.82) is 0 Å². The number of aliphatic hydroxyl groups excluding tert-OH is 1. The van der Waals surface area contributed by atoms with Gasteiger partial charge in [-0.15, -0.1) is 0 Å². The van der Waals surface area contributed by atoms with Gasteiger partial charge in [0.05, 0.1) is 6.61 Å². The number of likely N-dealkylation sites (tertiary alicyclic amines) is 1. The Balaban J connectivity index is 1.93. The lowest BCUT2D eigenvalue weighted by Gasteiger charge is -2.28. The largest absolute Gasteiger partial charge is 0.392 e. The molecule has 0 unspecified atom stereocenters. The third kappa shape index (κ3) is 3.88. The Morgan fingerprint density at radius 1 is 1.21 bits per heavy atom. The predicted molar refractivity (Wildman–Crippen MR) is 76.2 cm³/mol. The molecule has 0 bridgehead atoms. The van der Waals surface area contributed by atoms with Crippen LogP contribution in [0.3, 0.4) is 0 Å². The Labute approximate surface area is 115 Å². The summed E-state index contributed by atoms with van der Waals surface area (Å²) in [5.74, 6) is 0.244. The van der Waals surface area contributed by atoms with Crippen LogP contribution in [0, 0.1) is 5.92 Å². The van der Waals surface area contributed by atoms with E-state index in [0.29, 0.717) is 0 Å². The van der Waals surface area contributed by atoms with E-state index in [0.717, 1.165) is 30.8 Å². The first-order chi connectivity index (χ1) is 9.20. The summed E-state index contributed by atoms with van der Waals surface area (Å²) in [6.07, 6.45) is 3.83. The van der Waals surface area contributed by atoms with Crippen LogP contribution in [-0.2, 0) is 6.61 Å². The van der Waals surface area contributed by atoms with Crippen LogP contribution >= 0.6 is 0 Å². The first kappa shape index (κ1) is 14.2. The van der Waals surface area contributed by atoms with E-state index in [1.54, 1.807) is 0 Å². The molecule has 1 aliphatic heterocycles. The highest BCUT2D eigenvalue weighted by molar-refractivity contribution is 5.97. The number of piperidine rings is 1. The summed E-state index contributed by atoms with van der Waals surface area (Å²) < 4.78 is 0. The molecule has 1 N–H and O–H groups in total. The van der Waals surface area contributed by atoms with E-state index in [-0.39, 0.29) is 18.3 Å². The number of nitrogens with zero attached hydrogens (tertiary/aromatic N) is 1. The Hall–Kier alpha value is -1.19. The van der Waals surface area contributed by atoms with Gasteiger partial charge in [0.1, 0.15) is 0 Å². The zero-order chi connectivity index (χ0) is 13.7. The van der Waals surface area contributed by atoms with Gasteiger partial charge in [0.15, 0.2) is 5.78 Å². The van der Waals surface area contributed by atoms with E-state index in [2.05, 4.69) is 4.90 Å². The zero-order valence-corrected chi connectivity index (χ0v) is 11.6. The summed E-state index contributed by atoms with van der Waals surface area (Å²) in [7, 11) is 0. The lowest BCUT2D eigenvalue weighted by Crippen LogP contribution is -2.35. The second kappa shape index (κ2) is 6.83. The van der Waals surface area contributed by atoms with Crippen molar-refractivity contribution in [2.24, 2.45) is 5.92 Å². The van der Waals surface area contributed by atoms with E-state index in [9.17, 15) is 4.79 Å². The molecular weight excluding hydrogens is 238 g/mol. The summed E-state index contributed by atoms with van der Waals surface area (Å²) in [6, 6.07) is 7.28. The third-order valence-electron chi connectivity index (χ3n) is 3.85. The summed E-state index contributed by atoms with van der Waals surface area (Å²) in [5, 5.41) is 9.00. The monoisotopic (exact) mass is 261 g/mol. The molecule has 3 nitrogen and oxygen atoms in total. The minimum atomic E-state index is 0.0256. The molecule has 1 aliphatic rings. The van der Waals surface area contributed by atoms with E-state index >= 15 is 0 Å². The van der Waals surface area contributed by atoms with Crippen molar-refractivity contribution in [2.75, 3.05) is 19.6 Å². The van der Waals surface area contributed by atoms with E-state index in [1.165, 1.54) is 19.3 Å². The van der Waals surface area contributed by atoms with Crippen LogP contribution in [0.2, 0.25) is 0 Å². The van der Waals surface area contributed by atoms with E-state index < -0.39 is 0 Å². The Kier molecular flexibility index (Phi) is 5.11. The summed E-state index contributed by atoms with van der Waals surface area (Å²) >= 11 is 0. The van der Waals surface area contributed by atoms with Gasteiger partial charge in [-0.1, -0.05) is 37.6 Å². The number of hydrogen-bond donors (Lipinski definition) is 1. The number of ketones is 1. The minimum absolute atomic E-state index is 0.0256. The maximum absolute atomic E-state index is 12.3. The van der Waals surface area contributed by atoms with Crippen molar-refractivity contribution in [2.45, 2.75) is 32.8 Å². The van der Waals surface area contributed by atoms with Gasteiger partial charge in [0, 0.05) is 18.0 Å². The highest BCUT2D eigenvalue weighted by atomic mass is 16.3. The van der Waals surface area contributed by atoms with Gasteiger partial charge >= 0.3 is 0 Å². The summed E-state index contributed by atoms with van der Waals surface area (Å²) in [4.78, 5) is 14.7. The molecule has 1 saturated heterocycles. The molecule has 0 aromatic heterocycles. The van der Waals surface area contributed by atoms with E-state index in [4.69, 9.17) is 5.11 Å². The van der Waals surface area contributed by atoms with Crippen LogP contribution in [0.5, 0.6) is 0 Å². The molecule has 2 rings (SSSR count). The molecular formula is C16H23NO2. The van der Waals surface area contributed by atoms with Crippen molar-refractivity contribution in [3.05, 3.63) is 35.4 Å². The highest BCUT2D eigenvalue weighted by Crippen LogP contribution is 2.15. The molecule has 1 aromatic rings. The normalized spacial score (nSPS) is 18.2. The fourth-order valence-electron chi connectivity index (χ4n) is 2.67. The average molecular weight is 261 g/mol. The second-order valence-electron chi connectivity index (χ2n) is 5.48. The molecule has 0 radical (unpaired) electrons. The molecule has 0 aliphatic carbocycles. The van der Waals surface area contributed by atoms with Crippen molar-refractivity contribution >= 4 is 5.78 Å². The molecule has 19 heavy (non-hydrogen) atoms. The smallest absolute Gasteiger partial charge is 0.166 e. The lowest BCUT2D eigenvalue weighted by atomic mass is 9.97. The third-order valence-corrected chi connectivity index (χ3v) is 3.85. The van der Waals surface area contributed by atoms with E-state index in [1.807, 2.05) is 31.2 Å². The second-order valence-corrected chi connectivity index (χ2v) is 5.48. The molecule has 0 saturated carbocycles. The number of carbonyl (C=O) groups excluding carboxylic acids is 1. The molecule has 3 heteroatoms. The first-order valence-corrected chi connectivity index (χ1v) is 7.17. The number of carbonyl (C=O) groups is 1.